The molecular formula is C13H19NPS2+. The molecule has 0 saturated carbocycles. The Balaban J connectivity index is 2.25. The maximum Gasteiger partial charge on any atom is 0.247 e. The summed E-state index contributed by atoms with van der Waals surface area (Å²) < 4.78 is 2.52. The molecule has 0 radical (unpaired) electrons. The predicted octanol–water partition coefficient (Wildman–Crippen LogP) is 4.48. The van der Waals surface area contributed by atoms with E-state index in [1.807, 2.05) is 11.6 Å². The Morgan fingerprint density at radius 2 is 2.24 bits per heavy atom. The molecule has 0 bridgehead atoms. The summed E-state index contributed by atoms with van der Waals surface area (Å²) in [6, 6.07) is 9.47. The fourth-order valence-electron chi connectivity index (χ4n) is 2.55. The quantitative estimate of drug-likeness (QED) is 0.593. The summed E-state index contributed by atoms with van der Waals surface area (Å²) in [7, 11) is 0. The van der Waals surface area contributed by atoms with Crippen molar-refractivity contribution in [1.29, 1.82) is 0 Å². The molecule has 1 fully saturated rings. The van der Waals surface area contributed by atoms with Crippen LogP contribution in [-0.4, -0.2) is 10.8 Å². The van der Waals surface area contributed by atoms with Crippen LogP contribution in [0.2, 0.25) is 0 Å². The van der Waals surface area contributed by atoms with E-state index >= 15 is 0 Å². The second-order valence-electron chi connectivity index (χ2n) is 4.38. The molecule has 0 amide bonds. The highest BCUT2D eigenvalue weighted by Gasteiger charge is 2.27. The van der Waals surface area contributed by atoms with Crippen molar-refractivity contribution in [1.82, 2.24) is 4.31 Å². The Morgan fingerprint density at radius 1 is 1.41 bits per heavy atom. The third kappa shape index (κ3) is 3.29. The summed E-state index contributed by atoms with van der Waals surface area (Å²) in [5.74, 6) is 0. The van der Waals surface area contributed by atoms with Gasteiger partial charge in [-0.2, -0.15) is 0 Å². The van der Waals surface area contributed by atoms with E-state index in [-0.39, 0.29) is 0 Å². The molecular weight excluding hydrogens is 265 g/mol. The molecule has 17 heavy (non-hydrogen) atoms. The van der Waals surface area contributed by atoms with E-state index in [4.69, 9.17) is 11.8 Å². The molecule has 92 valence electrons. The van der Waals surface area contributed by atoms with Crippen LogP contribution in [0.5, 0.6) is 0 Å². The minimum atomic E-state index is 0.543. The zero-order valence-corrected chi connectivity index (χ0v) is 12.8. The van der Waals surface area contributed by atoms with Crippen LogP contribution in [-0.2, 0) is 18.2 Å². The SMILES string of the molecule is CCc1ccccc1C1CCCCN1S[PH+]=S. The molecule has 1 heterocycles. The fraction of sp³-hybridized carbons (Fsp3) is 0.538. The fourth-order valence-corrected chi connectivity index (χ4v) is 5.02. The first-order valence-electron chi connectivity index (χ1n) is 6.25. The minimum absolute atomic E-state index is 0.543. The molecule has 1 aromatic rings. The van der Waals surface area contributed by atoms with Gasteiger partial charge in [-0.1, -0.05) is 37.6 Å². The van der Waals surface area contributed by atoms with Gasteiger partial charge in [0, 0.05) is 12.6 Å². The van der Waals surface area contributed by atoms with Gasteiger partial charge in [-0.3, -0.25) is 0 Å². The van der Waals surface area contributed by atoms with Crippen LogP contribution in [0.25, 0.3) is 0 Å². The Labute approximate surface area is 115 Å². The van der Waals surface area contributed by atoms with Gasteiger partial charge in [0.2, 0.25) is 6.56 Å². The van der Waals surface area contributed by atoms with Crippen LogP contribution in [0.1, 0.15) is 43.4 Å². The first-order chi connectivity index (χ1) is 8.36. The van der Waals surface area contributed by atoms with E-state index in [0.717, 1.165) is 6.42 Å². The number of aryl methyl sites for hydroxylation is 1. The van der Waals surface area contributed by atoms with Crippen LogP contribution in [0.4, 0.5) is 0 Å². The van der Waals surface area contributed by atoms with E-state index in [1.54, 1.807) is 0 Å². The average Bonchev–Trinajstić information content (AvgIpc) is 2.40. The van der Waals surface area contributed by atoms with Crippen molar-refractivity contribution < 1.29 is 0 Å². The van der Waals surface area contributed by atoms with Crippen molar-refractivity contribution >= 4 is 29.9 Å². The highest BCUT2D eigenvalue weighted by Crippen LogP contribution is 2.40. The van der Waals surface area contributed by atoms with Crippen molar-refractivity contribution in [3.05, 3.63) is 35.4 Å². The largest absolute Gasteiger partial charge is 0.247 e. The van der Waals surface area contributed by atoms with Gasteiger partial charge in [-0.25, -0.2) is 4.31 Å². The van der Waals surface area contributed by atoms with Crippen LogP contribution < -0.4 is 0 Å². The standard InChI is InChI=1S/C13H18NPS2/c1-2-11-7-3-4-8-12(11)13-9-5-6-10-14(13)17-15-16/h3-4,7-8,13H,2,5-6,9-10H2,1H3/p+1. The van der Waals surface area contributed by atoms with Crippen LogP contribution in [0, 0.1) is 0 Å². The van der Waals surface area contributed by atoms with Crippen LogP contribution in [0.3, 0.4) is 0 Å². The molecule has 1 aliphatic rings. The summed E-state index contributed by atoms with van der Waals surface area (Å²) in [4.78, 5) is 0. The molecule has 0 spiro atoms. The number of piperidine rings is 1. The van der Waals surface area contributed by atoms with Crippen LogP contribution in [0.15, 0.2) is 24.3 Å². The van der Waals surface area contributed by atoms with Gasteiger partial charge in [0.25, 0.3) is 0 Å². The molecule has 0 N–H and O–H groups in total. The summed E-state index contributed by atoms with van der Waals surface area (Å²) in [6.07, 6.45) is 5.07. The molecule has 0 aliphatic carbocycles. The summed E-state index contributed by atoms with van der Waals surface area (Å²) in [5, 5.41) is 0. The average molecular weight is 284 g/mol. The number of benzene rings is 1. The maximum atomic E-state index is 5.15. The van der Waals surface area contributed by atoms with Gasteiger partial charge in [0.05, 0.1) is 0 Å². The lowest BCUT2D eigenvalue weighted by molar-refractivity contribution is 0.280. The molecule has 1 saturated heterocycles. The molecule has 4 heteroatoms. The van der Waals surface area contributed by atoms with Gasteiger partial charge < -0.3 is 0 Å². The summed E-state index contributed by atoms with van der Waals surface area (Å²) in [5.41, 5.74) is 3.02. The van der Waals surface area contributed by atoms with E-state index in [1.165, 1.54) is 36.9 Å². The molecule has 2 atom stereocenters. The van der Waals surface area contributed by atoms with Crippen molar-refractivity contribution in [2.45, 2.75) is 38.6 Å². The Kier molecular flexibility index (Phi) is 5.43. The second kappa shape index (κ2) is 6.84. The van der Waals surface area contributed by atoms with Crippen molar-refractivity contribution in [2.75, 3.05) is 6.54 Å². The van der Waals surface area contributed by atoms with Gasteiger partial charge in [0.1, 0.15) is 0 Å². The Morgan fingerprint density at radius 3 is 3.00 bits per heavy atom. The predicted molar refractivity (Wildman–Crippen MR) is 82.4 cm³/mol. The molecule has 1 nitrogen and oxygen atoms in total. The normalized spacial score (nSPS) is 21.8. The van der Waals surface area contributed by atoms with Crippen molar-refractivity contribution in [3.63, 3.8) is 0 Å². The van der Waals surface area contributed by atoms with Gasteiger partial charge >= 0.3 is 0 Å². The first-order valence-corrected chi connectivity index (χ1v) is 9.88. The first kappa shape index (κ1) is 13.5. The molecule has 0 aromatic heterocycles. The Hall–Kier alpha value is 0.0500. The topological polar surface area (TPSA) is 3.24 Å². The third-order valence-corrected chi connectivity index (χ3v) is 5.75. The minimum Gasteiger partial charge on any atom is -0.202 e. The highest BCUT2D eigenvalue weighted by molar-refractivity contribution is 8.56. The second-order valence-corrected chi connectivity index (χ2v) is 7.75. The van der Waals surface area contributed by atoms with Crippen molar-refractivity contribution in [3.8, 4) is 0 Å². The highest BCUT2D eigenvalue weighted by atomic mass is 32.9. The molecule has 1 aromatic carbocycles. The number of nitrogens with zero attached hydrogens (tertiary/aromatic N) is 1. The monoisotopic (exact) mass is 284 g/mol. The van der Waals surface area contributed by atoms with Gasteiger partial charge in [0.15, 0.2) is 23.4 Å². The lowest BCUT2D eigenvalue weighted by atomic mass is 9.93. The van der Waals surface area contributed by atoms with Gasteiger partial charge in [-0.15, -0.1) is 0 Å². The van der Waals surface area contributed by atoms with Gasteiger partial charge in [-0.05, 0) is 30.4 Å². The zero-order valence-electron chi connectivity index (χ0n) is 10.2. The van der Waals surface area contributed by atoms with Crippen LogP contribution >= 0.6 is 18.1 Å². The smallest absolute Gasteiger partial charge is 0.202 e. The lowest BCUT2D eigenvalue weighted by Crippen LogP contribution is -2.27. The molecule has 2 rings (SSSR count). The van der Waals surface area contributed by atoms with Crippen molar-refractivity contribution in [2.24, 2.45) is 0 Å². The molecule has 1 aliphatic heterocycles. The summed E-state index contributed by atoms with van der Waals surface area (Å²) in [6.45, 7) is 3.98. The maximum absolute atomic E-state index is 5.15. The zero-order chi connectivity index (χ0) is 12.1. The number of rotatable bonds is 4. The summed E-state index contributed by atoms with van der Waals surface area (Å²) >= 11 is 7.00. The van der Waals surface area contributed by atoms with E-state index in [9.17, 15) is 0 Å². The third-order valence-electron chi connectivity index (χ3n) is 3.40. The Bertz CT molecular complexity index is 383. The number of hydrogen-bond acceptors (Lipinski definition) is 3. The number of hydrogen-bond donors (Lipinski definition) is 0. The van der Waals surface area contributed by atoms with E-state index < -0.39 is 0 Å². The lowest BCUT2D eigenvalue weighted by Gasteiger charge is -2.32. The van der Waals surface area contributed by atoms with E-state index in [0.29, 0.717) is 12.6 Å². The van der Waals surface area contributed by atoms with E-state index in [2.05, 4.69) is 35.5 Å². The molecule has 2 unspecified atom stereocenters.